The summed E-state index contributed by atoms with van der Waals surface area (Å²) in [6, 6.07) is 15.8. The minimum absolute atomic E-state index is 0.274. The molecule has 0 radical (unpaired) electrons. The standard InChI is InChI=1S/C29H32N6O3S/c1-4-32-24-14-12-22(20-30)18-26(24)33(5-2)28(32)10-9-11-29-34(6-3)27-19-23(21-31)13-15-25(27)35(29)16-7-8-17-39(36,37)38/h9-15,18-19H,4-8,16-17H2,1-3H3/p+1. The summed E-state index contributed by atoms with van der Waals surface area (Å²) in [5.74, 6) is 1.68. The maximum atomic E-state index is 11.2. The summed E-state index contributed by atoms with van der Waals surface area (Å²) in [5, 5.41) is 18.9. The van der Waals surface area contributed by atoms with E-state index in [1.165, 1.54) is 0 Å². The molecule has 1 aliphatic rings. The van der Waals surface area contributed by atoms with Crippen molar-refractivity contribution in [2.24, 2.45) is 0 Å². The molecule has 0 aliphatic carbocycles. The number of benzene rings is 2. The Hall–Kier alpha value is -4.12. The Morgan fingerprint density at radius 2 is 1.59 bits per heavy atom. The Morgan fingerprint density at radius 3 is 2.23 bits per heavy atom. The van der Waals surface area contributed by atoms with E-state index >= 15 is 0 Å². The van der Waals surface area contributed by atoms with Crippen molar-refractivity contribution in [3.8, 4) is 12.1 Å². The number of anilines is 2. The summed E-state index contributed by atoms with van der Waals surface area (Å²) >= 11 is 0. The molecule has 9 nitrogen and oxygen atoms in total. The van der Waals surface area contributed by atoms with Crippen molar-refractivity contribution in [1.29, 1.82) is 10.5 Å². The van der Waals surface area contributed by atoms with Gasteiger partial charge in [-0.2, -0.15) is 18.9 Å². The molecule has 0 fully saturated rings. The quantitative estimate of drug-likeness (QED) is 0.225. The first-order valence-corrected chi connectivity index (χ1v) is 14.8. The van der Waals surface area contributed by atoms with Crippen molar-refractivity contribution >= 4 is 38.6 Å². The molecule has 4 rings (SSSR count). The molecule has 10 heteroatoms. The van der Waals surface area contributed by atoms with Crippen molar-refractivity contribution in [2.45, 2.75) is 46.7 Å². The summed E-state index contributed by atoms with van der Waals surface area (Å²) in [6.45, 7) is 9.00. The summed E-state index contributed by atoms with van der Waals surface area (Å²) in [4.78, 5) is 4.42. The van der Waals surface area contributed by atoms with Crippen LogP contribution in [0.3, 0.4) is 0 Å². The highest BCUT2D eigenvalue weighted by atomic mass is 32.2. The average molecular weight is 546 g/mol. The minimum atomic E-state index is -4.01. The third-order valence-corrected chi connectivity index (χ3v) is 7.76. The molecular weight excluding hydrogens is 512 g/mol. The molecule has 0 amide bonds. The zero-order chi connectivity index (χ0) is 28.2. The first-order valence-electron chi connectivity index (χ1n) is 13.1. The smallest absolute Gasteiger partial charge is 0.282 e. The van der Waals surface area contributed by atoms with Crippen LogP contribution in [0.2, 0.25) is 0 Å². The molecule has 3 aromatic rings. The van der Waals surface area contributed by atoms with Gasteiger partial charge < -0.3 is 9.80 Å². The second kappa shape index (κ2) is 11.7. The highest BCUT2D eigenvalue weighted by Gasteiger charge is 2.29. The molecule has 0 atom stereocenters. The third-order valence-electron chi connectivity index (χ3n) is 6.95. The van der Waals surface area contributed by atoms with Crippen LogP contribution in [0.15, 0.2) is 54.4 Å². The minimum Gasteiger partial charge on any atom is -0.326 e. The predicted molar refractivity (Wildman–Crippen MR) is 152 cm³/mol. The fraction of sp³-hybridized carbons (Fsp3) is 0.345. The zero-order valence-corrected chi connectivity index (χ0v) is 23.3. The fourth-order valence-electron chi connectivity index (χ4n) is 5.23. The van der Waals surface area contributed by atoms with Crippen molar-refractivity contribution in [2.75, 3.05) is 28.6 Å². The van der Waals surface area contributed by atoms with Gasteiger partial charge in [0.05, 0.1) is 53.5 Å². The highest BCUT2D eigenvalue weighted by Crippen LogP contribution is 2.41. The van der Waals surface area contributed by atoms with Crippen LogP contribution in [0.4, 0.5) is 11.4 Å². The number of fused-ring (bicyclic) bond motifs is 2. The molecule has 0 spiro atoms. The van der Waals surface area contributed by atoms with Crippen LogP contribution in [0.5, 0.6) is 0 Å². The van der Waals surface area contributed by atoms with Crippen molar-refractivity contribution in [1.82, 2.24) is 4.57 Å². The monoisotopic (exact) mass is 545 g/mol. The molecule has 2 aromatic carbocycles. The number of nitriles is 2. The van der Waals surface area contributed by atoms with Gasteiger partial charge in [-0.05, 0) is 70.0 Å². The van der Waals surface area contributed by atoms with Gasteiger partial charge >= 0.3 is 0 Å². The molecule has 1 aliphatic heterocycles. The van der Waals surface area contributed by atoms with Gasteiger partial charge in [0, 0.05) is 25.2 Å². The maximum Gasteiger partial charge on any atom is 0.282 e. The predicted octanol–water partition coefficient (Wildman–Crippen LogP) is 4.58. The van der Waals surface area contributed by atoms with Gasteiger partial charge in [0.2, 0.25) is 0 Å². The number of aromatic nitrogens is 2. The van der Waals surface area contributed by atoms with Gasteiger partial charge in [-0.15, -0.1) is 0 Å². The number of nitrogens with zero attached hydrogens (tertiary/aromatic N) is 6. The number of hydrogen-bond acceptors (Lipinski definition) is 6. The first-order chi connectivity index (χ1) is 18.8. The molecule has 0 saturated carbocycles. The molecule has 2 heterocycles. The maximum absolute atomic E-state index is 11.2. The Balaban J connectivity index is 1.75. The van der Waals surface area contributed by atoms with Crippen molar-refractivity contribution in [3.05, 3.63) is 71.3 Å². The third kappa shape index (κ3) is 5.68. The van der Waals surface area contributed by atoms with Gasteiger partial charge in [-0.1, -0.05) is 6.08 Å². The zero-order valence-electron chi connectivity index (χ0n) is 22.5. The van der Waals surface area contributed by atoms with Crippen LogP contribution in [0.25, 0.3) is 17.1 Å². The van der Waals surface area contributed by atoms with E-state index < -0.39 is 10.1 Å². The van der Waals surface area contributed by atoms with E-state index in [9.17, 15) is 18.9 Å². The SMILES string of the molecule is CCN1C(=CC=Cc2n(CC)c3cc(C#N)ccc3[n+]2CCCCS(=O)(=O)O)N(CC)c2cc(C#N)ccc21. The second-order valence-corrected chi connectivity index (χ2v) is 10.8. The van der Waals surface area contributed by atoms with Gasteiger partial charge in [0.25, 0.3) is 15.9 Å². The second-order valence-electron chi connectivity index (χ2n) is 9.25. The summed E-state index contributed by atoms with van der Waals surface area (Å²) < 4.78 is 35.8. The van der Waals surface area contributed by atoms with Gasteiger partial charge in [0.1, 0.15) is 5.82 Å². The molecule has 0 saturated heterocycles. The summed E-state index contributed by atoms with van der Waals surface area (Å²) in [5.41, 5.74) is 5.17. The summed E-state index contributed by atoms with van der Waals surface area (Å²) in [7, 11) is -4.01. The van der Waals surface area contributed by atoms with E-state index in [1.807, 2.05) is 42.5 Å². The molecule has 39 heavy (non-hydrogen) atoms. The first kappa shape index (κ1) is 27.9. The largest absolute Gasteiger partial charge is 0.326 e. The topological polar surface area (TPSA) is 117 Å². The lowest BCUT2D eigenvalue weighted by molar-refractivity contribution is -0.674. The molecule has 1 N–H and O–H groups in total. The lowest BCUT2D eigenvalue weighted by atomic mass is 10.2. The van der Waals surface area contributed by atoms with Gasteiger partial charge in [-0.3, -0.25) is 4.55 Å². The number of allylic oxidation sites excluding steroid dienone is 2. The molecule has 0 unspecified atom stereocenters. The Kier molecular flexibility index (Phi) is 8.39. The number of aryl methyl sites for hydroxylation is 2. The van der Waals surface area contributed by atoms with Crippen LogP contribution < -0.4 is 14.4 Å². The molecular formula is C29H33N6O3S+. The van der Waals surface area contributed by atoms with Gasteiger partial charge in [0.15, 0.2) is 11.0 Å². The van der Waals surface area contributed by atoms with E-state index in [1.54, 1.807) is 6.07 Å². The lowest BCUT2D eigenvalue weighted by Gasteiger charge is -2.23. The summed E-state index contributed by atoms with van der Waals surface area (Å²) in [6.07, 6.45) is 7.03. The van der Waals surface area contributed by atoms with E-state index in [0.717, 1.165) is 47.1 Å². The molecule has 0 bridgehead atoms. The lowest BCUT2D eigenvalue weighted by Crippen LogP contribution is -2.36. The van der Waals surface area contributed by atoms with Gasteiger partial charge in [-0.25, -0.2) is 9.13 Å². The molecule has 1 aromatic heterocycles. The van der Waals surface area contributed by atoms with Crippen LogP contribution in [0, 0.1) is 22.7 Å². The van der Waals surface area contributed by atoms with Crippen LogP contribution in [0.1, 0.15) is 50.6 Å². The van der Waals surface area contributed by atoms with Crippen LogP contribution >= 0.6 is 0 Å². The Bertz CT molecular complexity index is 1640. The van der Waals surface area contributed by atoms with Crippen LogP contribution in [-0.2, 0) is 23.2 Å². The highest BCUT2D eigenvalue weighted by molar-refractivity contribution is 7.85. The van der Waals surface area contributed by atoms with Crippen molar-refractivity contribution in [3.63, 3.8) is 0 Å². The Morgan fingerprint density at radius 1 is 0.923 bits per heavy atom. The van der Waals surface area contributed by atoms with Crippen LogP contribution in [-0.4, -0.2) is 36.4 Å². The van der Waals surface area contributed by atoms with E-state index in [0.29, 0.717) is 37.1 Å². The van der Waals surface area contributed by atoms with E-state index in [4.69, 9.17) is 4.55 Å². The number of unbranched alkanes of at least 4 members (excludes halogenated alkanes) is 1. The fourth-order valence-corrected chi connectivity index (χ4v) is 5.80. The number of rotatable bonds is 10. The number of hydrogen-bond donors (Lipinski definition) is 1. The van der Waals surface area contributed by atoms with E-state index in [-0.39, 0.29) is 5.75 Å². The Labute approximate surface area is 229 Å². The number of imidazole rings is 1. The van der Waals surface area contributed by atoms with Crippen molar-refractivity contribution < 1.29 is 17.5 Å². The molecule has 202 valence electrons. The normalized spacial score (nSPS) is 14.4. The average Bonchev–Trinajstić information content (AvgIpc) is 3.39. The van der Waals surface area contributed by atoms with E-state index in [2.05, 4.69) is 57.9 Å².